The van der Waals surface area contributed by atoms with Crippen LogP contribution in [0.5, 0.6) is 5.75 Å². The zero-order valence-corrected chi connectivity index (χ0v) is 19.3. The molecule has 0 amide bonds. The minimum absolute atomic E-state index is 0.0683. The van der Waals surface area contributed by atoms with Gasteiger partial charge >= 0.3 is 6.09 Å². The predicted octanol–water partition coefficient (Wildman–Crippen LogP) is 4.46. The molecule has 0 aliphatic carbocycles. The van der Waals surface area contributed by atoms with Crippen molar-refractivity contribution in [2.45, 2.75) is 45.1 Å². The number of ether oxygens (including phenoxy) is 2. The molecule has 2 aromatic rings. The van der Waals surface area contributed by atoms with Crippen LogP contribution in [-0.4, -0.2) is 41.7 Å². The Balaban J connectivity index is 1.79. The van der Waals surface area contributed by atoms with Crippen molar-refractivity contribution in [3.8, 4) is 5.75 Å². The predicted molar refractivity (Wildman–Crippen MR) is 115 cm³/mol. The lowest BCUT2D eigenvalue weighted by atomic mass is 9.88. The first-order valence-corrected chi connectivity index (χ1v) is 10.6. The maximum absolute atomic E-state index is 14.4. The first kappa shape index (κ1) is 23.2. The van der Waals surface area contributed by atoms with Crippen LogP contribution >= 0.6 is 15.9 Å². The van der Waals surface area contributed by atoms with Gasteiger partial charge in [-0.1, -0.05) is 0 Å². The number of hydrogen-bond acceptors (Lipinski definition) is 6. The lowest BCUT2D eigenvalue weighted by Gasteiger charge is -2.34. The Morgan fingerprint density at radius 3 is 2.39 bits per heavy atom. The highest BCUT2D eigenvalue weighted by Crippen LogP contribution is 2.39. The van der Waals surface area contributed by atoms with E-state index in [1.54, 1.807) is 20.8 Å². The summed E-state index contributed by atoms with van der Waals surface area (Å²) in [5.41, 5.74) is -0.639. The highest BCUT2D eigenvalue weighted by Gasteiger charge is 2.29. The van der Waals surface area contributed by atoms with Crippen molar-refractivity contribution < 1.29 is 23.0 Å². The summed E-state index contributed by atoms with van der Waals surface area (Å²) in [4.78, 5) is 26.8. The topological polar surface area (TPSA) is 73.7 Å². The van der Waals surface area contributed by atoms with E-state index in [9.17, 15) is 18.4 Å². The second-order valence-corrected chi connectivity index (χ2v) is 9.07. The molecular formula is C21H24BrF2N3O4. The molecule has 0 radical (unpaired) electrons. The lowest BCUT2D eigenvalue weighted by Crippen LogP contribution is -2.38. The number of anilines is 1. The van der Waals surface area contributed by atoms with Gasteiger partial charge in [-0.25, -0.2) is 13.6 Å². The van der Waals surface area contributed by atoms with E-state index >= 15 is 0 Å². The summed E-state index contributed by atoms with van der Waals surface area (Å²) in [6.07, 6.45) is 1.60. The van der Waals surface area contributed by atoms with Crippen LogP contribution < -0.4 is 15.2 Å². The Morgan fingerprint density at radius 1 is 1.19 bits per heavy atom. The third-order valence-corrected chi connectivity index (χ3v) is 5.76. The van der Waals surface area contributed by atoms with Gasteiger partial charge in [-0.3, -0.25) is 4.79 Å². The van der Waals surface area contributed by atoms with Crippen LogP contribution in [0.1, 0.15) is 45.1 Å². The second-order valence-electron chi connectivity index (χ2n) is 8.28. The van der Waals surface area contributed by atoms with Crippen molar-refractivity contribution >= 4 is 27.7 Å². The van der Waals surface area contributed by atoms with Crippen LogP contribution in [0.25, 0.3) is 0 Å². The van der Waals surface area contributed by atoms with Crippen molar-refractivity contribution in [3.63, 3.8) is 0 Å². The molecule has 10 heteroatoms. The van der Waals surface area contributed by atoms with Gasteiger partial charge in [0.15, 0.2) is 11.6 Å². The number of nitrogens with zero attached hydrogens (tertiary/aromatic N) is 3. The average molecular weight is 500 g/mol. The molecule has 1 aliphatic rings. The Labute approximate surface area is 187 Å². The minimum Gasteiger partial charge on any atom is -0.493 e. The summed E-state index contributed by atoms with van der Waals surface area (Å²) < 4.78 is 39.6. The minimum atomic E-state index is -0.864. The largest absolute Gasteiger partial charge is 0.493 e. The number of carbonyl (C=O) groups excluding carboxylic acids is 1. The fraction of sp³-hybridized carbons (Fsp3) is 0.476. The molecule has 1 saturated heterocycles. The summed E-state index contributed by atoms with van der Waals surface area (Å²) in [5.74, 6) is -1.39. The number of carbonyl (C=O) groups is 1. The summed E-state index contributed by atoms with van der Waals surface area (Å²) in [6, 6.07) is 2.16. The lowest BCUT2D eigenvalue weighted by molar-refractivity contribution is 0.0505. The van der Waals surface area contributed by atoms with E-state index in [4.69, 9.17) is 9.47 Å². The van der Waals surface area contributed by atoms with Gasteiger partial charge in [0.25, 0.3) is 5.56 Å². The van der Waals surface area contributed by atoms with Gasteiger partial charge in [-0.05, 0) is 67.6 Å². The van der Waals surface area contributed by atoms with E-state index in [0.29, 0.717) is 36.3 Å². The van der Waals surface area contributed by atoms with E-state index in [1.165, 1.54) is 13.3 Å². The molecule has 0 atom stereocenters. The van der Waals surface area contributed by atoms with Gasteiger partial charge in [-0.2, -0.15) is 5.10 Å². The van der Waals surface area contributed by atoms with Gasteiger partial charge < -0.3 is 14.4 Å². The van der Waals surface area contributed by atoms with Gasteiger partial charge in [0.1, 0.15) is 15.9 Å². The Hall–Kier alpha value is -2.49. The quantitative estimate of drug-likeness (QED) is 0.620. The molecule has 1 aromatic heterocycles. The second kappa shape index (κ2) is 8.94. The molecule has 168 valence electrons. The summed E-state index contributed by atoms with van der Waals surface area (Å²) in [6.45, 7) is 6.06. The van der Waals surface area contributed by atoms with Crippen LogP contribution in [0, 0.1) is 11.6 Å². The molecule has 7 nitrogen and oxygen atoms in total. The highest BCUT2D eigenvalue weighted by molar-refractivity contribution is 9.10. The number of hydrogen-bond donors (Lipinski definition) is 0. The molecule has 0 saturated carbocycles. The molecule has 0 N–H and O–H groups in total. The molecule has 1 fully saturated rings. The van der Waals surface area contributed by atoms with Crippen molar-refractivity contribution in [3.05, 3.63) is 50.4 Å². The molecular weight excluding hydrogens is 476 g/mol. The summed E-state index contributed by atoms with van der Waals surface area (Å²) in [5, 5.41) is 3.96. The van der Waals surface area contributed by atoms with E-state index < -0.39 is 28.9 Å². The smallest absolute Gasteiger partial charge is 0.438 e. The SMILES string of the molecule is COc1c(F)ccc(F)c1C1CCN(c2cnn(C(=O)OC(C)(C)C)c(=O)c2Br)CC1. The third kappa shape index (κ3) is 4.89. The standard InChI is InChI=1S/C21H24BrF2N3O4/c1-21(2,3)31-20(29)27-19(28)17(22)15(11-25-27)26-9-7-12(8-10-26)16-13(23)5-6-14(24)18(16)30-4/h5-6,11-12H,7-10H2,1-4H3. The Kier molecular flexibility index (Phi) is 6.68. The fourth-order valence-electron chi connectivity index (χ4n) is 3.63. The van der Waals surface area contributed by atoms with Gasteiger partial charge in [0.05, 0.1) is 19.0 Å². The number of methoxy groups -OCH3 is 1. The van der Waals surface area contributed by atoms with Crippen molar-refractivity contribution in [2.75, 3.05) is 25.1 Å². The Morgan fingerprint density at radius 2 is 1.81 bits per heavy atom. The van der Waals surface area contributed by atoms with Crippen LogP contribution in [0.3, 0.4) is 0 Å². The fourth-order valence-corrected chi connectivity index (χ4v) is 4.15. The molecule has 3 rings (SSSR count). The van der Waals surface area contributed by atoms with E-state index in [0.717, 1.165) is 12.1 Å². The highest BCUT2D eigenvalue weighted by atomic mass is 79.9. The van der Waals surface area contributed by atoms with Crippen LogP contribution in [0.2, 0.25) is 0 Å². The molecule has 0 spiro atoms. The molecule has 0 bridgehead atoms. The van der Waals surface area contributed by atoms with Gasteiger partial charge in [-0.15, -0.1) is 4.68 Å². The number of benzene rings is 1. The van der Waals surface area contributed by atoms with Crippen LogP contribution in [0.4, 0.5) is 19.3 Å². The first-order chi connectivity index (χ1) is 14.5. The van der Waals surface area contributed by atoms with Gasteiger partial charge in [0, 0.05) is 18.7 Å². The number of rotatable bonds is 3. The summed E-state index contributed by atoms with van der Waals surface area (Å²) in [7, 11) is 1.32. The Bertz CT molecular complexity index is 1040. The monoisotopic (exact) mass is 499 g/mol. The summed E-state index contributed by atoms with van der Waals surface area (Å²) >= 11 is 3.27. The first-order valence-electron chi connectivity index (χ1n) is 9.81. The van der Waals surface area contributed by atoms with Crippen LogP contribution in [0.15, 0.2) is 27.6 Å². The molecule has 0 unspecified atom stereocenters. The van der Waals surface area contributed by atoms with Crippen LogP contribution in [-0.2, 0) is 4.74 Å². The average Bonchev–Trinajstić information content (AvgIpc) is 2.70. The maximum atomic E-state index is 14.4. The zero-order chi connectivity index (χ0) is 22.9. The molecule has 2 heterocycles. The molecule has 1 aliphatic heterocycles. The zero-order valence-electron chi connectivity index (χ0n) is 17.7. The number of aromatic nitrogens is 2. The maximum Gasteiger partial charge on any atom is 0.438 e. The van der Waals surface area contributed by atoms with E-state index in [-0.39, 0.29) is 21.7 Å². The van der Waals surface area contributed by atoms with Crippen molar-refractivity contribution in [1.29, 1.82) is 0 Å². The van der Waals surface area contributed by atoms with E-state index in [1.807, 2.05) is 4.90 Å². The third-order valence-electron chi connectivity index (χ3n) is 5.01. The van der Waals surface area contributed by atoms with Crippen molar-refractivity contribution in [2.24, 2.45) is 0 Å². The van der Waals surface area contributed by atoms with Crippen molar-refractivity contribution in [1.82, 2.24) is 9.78 Å². The normalized spacial score (nSPS) is 15.1. The molecule has 1 aromatic carbocycles. The van der Waals surface area contributed by atoms with Gasteiger partial charge in [0.2, 0.25) is 0 Å². The number of piperidine rings is 1. The number of halogens is 3. The molecule has 31 heavy (non-hydrogen) atoms. The van der Waals surface area contributed by atoms with E-state index in [2.05, 4.69) is 21.0 Å².